The van der Waals surface area contributed by atoms with Crippen molar-refractivity contribution in [3.63, 3.8) is 0 Å². The van der Waals surface area contributed by atoms with Crippen LogP contribution in [0.5, 0.6) is 11.6 Å². The fraction of sp³-hybridized carbons (Fsp3) is 0.161. The highest BCUT2D eigenvalue weighted by Crippen LogP contribution is 2.43. The maximum Gasteiger partial charge on any atom is 0.229 e. The van der Waals surface area contributed by atoms with Crippen molar-refractivity contribution in [3.8, 4) is 17.3 Å². The summed E-state index contributed by atoms with van der Waals surface area (Å²) < 4.78 is 40.0. The summed E-state index contributed by atoms with van der Waals surface area (Å²) in [6, 6.07) is 23.5. The molecule has 0 saturated carbocycles. The van der Waals surface area contributed by atoms with Crippen molar-refractivity contribution < 1.29 is 17.9 Å². The average Bonchev–Trinajstić information content (AvgIpc) is 3.29. The van der Waals surface area contributed by atoms with E-state index in [1.165, 1.54) is 0 Å². The number of nitrogens with zero attached hydrogens (tertiary/aromatic N) is 3. The molecule has 1 N–H and O–H groups in total. The summed E-state index contributed by atoms with van der Waals surface area (Å²) in [4.78, 5) is 4.55. The van der Waals surface area contributed by atoms with Crippen LogP contribution in [0.15, 0.2) is 85.2 Å². The summed E-state index contributed by atoms with van der Waals surface area (Å²) in [6.45, 7) is 2.44. The van der Waals surface area contributed by atoms with E-state index in [1.807, 2.05) is 65.5 Å². The monoisotopic (exact) mass is 552 g/mol. The SMILES string of the molecule is CC/C(=C1\c2cc3cnn(-c4cccc(OC)c4)c3cc2COc2ncccc21)c1cccc(NS(C)(=O)=O)c1. The van der Waals surface area contributed by atoms with E-state index in [9.17, 15) is 8.42 Å². The Morgan fingerprint density at radius 2 is 1.90 bits per heavy atom. The molecule has 3 heterocycles. The summed E-state index contributed by atoms with van der Waals surface area (Å²) in [6.07, 6.45) is 5.44. The van der Waals surface area contributed by atoms with E-state index in [4.69, 9.17) is 14.6 Å². The zero-order valence-electron chi connectivity index (χ0n) is 22.4. The molecule has 0 spiro atoms. The summed E-state index contributed by atoms with van der Waals surface area (Å²) >= 11 is 0. The summed E-state index contributed by atoms with van der Waals surface area (Å²) in [5.74, 6) is 1.31. The summed E-state index contributed by atoms with van der Waals surface area (Å²) in [5.41, 5.74) is 8.26. The van der Waals surface area contributed by atoms with E-state index in [0.717, 1.165) is 62.0 Å². The lowest BCUT2D eigenvalue weighted by atomic mass is 9.86. The first-order chi connectivity index (χ1) is 19.3. The predicted octanol–water partition coefficient (Wildman–Crippen LogP) is 6.06. The van der Waals surface area contributed by atoms with Gasteiger partial charge in [-0.25, -0.2) is 18.1 Å². The number of hydrogen-bond donors (Lipinski definition) is 1. The fourth-order valence-corrected chi connectivity index (χ4v) is 5.79. The first-order valence-corrected chi connectivity index (χ1v) is 14.8. The van der Waals surface area contributed by atoms with Crippen LogP contribution in [0.1, 0.15) is 35.6 Å². The highest BCUT2D eigenvalue weighted by Gasteiger charge is 2.25. The number of nitrogens with one attached hydrogen (secondary N) is 1. The fourth-order valence-electron chi connectivity index (χ4n) is 5.24. The second-order valence-electron chi connectivity index (χ2n) is 9.63. The molecule has 202 valence electrons. The van der Waals surface area contributed by atoms with Gasteiger partial charge in [-0.05, 0) is 82.8 Å². The molecule has 3 aromatic carbocycles. The van der Waals surface area contributed by atoms with Gasteiger partial charge >= 0.3 is 0 Å². The molecule has 8 nitrogen and oxygen atoms in total. The van der Waals surface area contributed by atoms with Crippen molar-refractivity contribution in [1.82, 2.24) is 14.8 Å². The van der Waals surface area contributed by atoms with Gasteiger partial charge in [-0.2, -0.15) is 5.10 Å². The van der Waals surface area contributed by atoms with Gasteiger partial charge in [0.15, 0.2) is 0 Å². The largest absolute Gasteiger partial charge is 0.497 e. The van der Waals surface area contributed by atoms with Crippen LogP contribution >= 0.6 is 0 Å². The van der Waals surface area contributed by atoms with Gasteiger partial charge in [0.25, 0.3) is 0 Å². The van der Waals surface area contributed by atoms with Gasteiger partial charge in [-0.3, -0.25) is 4.72 Å². The van der Waals surface area contributed by atoms with Crippen LogP contribution in [-0.4, -0.2) is 36.5 Å². The number of benzene rings is 3. The van der Waals surface area contributed by atoms with E-state index in [1.54, 1.807) is 19.4 Å². The Morgan fingerprint density at radius 1 is 1.05 bits per heavy atom. The number of fused-ring (bicyclic) bond motifs is 3. The lowest BCUT2D eigenvalue weighted by Gasteiger charge is -2.18. The molecule has 40 heavy (non-hydrogen) atoms. The Balaban J connectivity index is 1.59. The molecular weight excluding hydrogens is 524 g/mol. The van der Waals surface area contributed by atoms with E-state index < -0.39 is 10.0 Å². The number of aromatic nitrogens is 3. The first-order valence-electron chi connectivity index (χ1n) is 12.9. The van der Waals surface area contributed by atoms with Crippen molar-refractivity contribution in [2.75, 3.05) is 18.1 Å². The van der Waals surface area contributed by atoms with Crippen LogP contribution in [-0.2, 0) is 16.6 Å². The smallest absolute Gasteiger partial charge is 0.229 e. The van der Waals surface area contributed by atoms with Crippen molar-refractivity contribution in [2.24, 2.45) is 0 Å². The third-order valence-corrected chi connectivity index (χ3v) is 7.54. The quantitative estimate of drug-likeness (QED) is 0.275. The van der Waals surface area contributed by atoms with Crippen LogP contribution in [0.25, 0.3) is 27.7 Å². The zero-order chi connectivity index (χ0) is 27.9. The topological polar surface area (TPSA) is 95.3 Å². The Kier molecular flexibility index (Phi) is 6.51. The number of methoxy groups -OCH3 is 1. The molecule has 0 unspecified atom stereocenters. The Labute approximate surface area is 233 Å². The Hall–Kier alpha value is -4.63. The Morgan fingerprint density at radius 3 is 2.70 bits per heavy atom. The van der Waals surface area contributed by atoms with Crippen molar-refractivity contribution in [1.29, 1.82) is 0 Å². The van der Waals surface area contributed by atoms with Crippen LogP contribution < -0.4 is 14.2 Å². The maximum atomic E-state index is 11.9. The molecule has 0 atom stereocenters. The molecule has 1 aliphatic heterocycles. The minimum absolute atomic E-state index is 0.342. The van der Waals surface area contributed by atoms with E-state index in [0.29, 0.717) is 24.6 Å². The normalized spacial score (nSPS) is 14.1. The van der Waals surface area contributed by atoms with Gasteiger partial charge in [0.2, 0.25) is 15.9 Å². The van der Waals surface area contributed by atoms with Crippen LogP contribution in [0.2, 0.25) is 0 Å². The summed E-state index contributed by atoms with van der Waals surface area (Å²) in [7, 11) is -1.77. The molecule has 2 aromatic heterocycles. The third-order valence-electron chi connectivity index (χ3n) is 6.93. The van der Waals surface area contributed by atoms with Gasteiger partial charge < -0.3 is 9.47 Å². The number of sulfonamides is 1. The number of anilines is 1. The minimum atomic E-state index is -3.42. The van der Waals surface area contributed by atoms with E-state index >= 15 is 0 Å². The van der Waals surface area contributed by atoms with Crippen molar-refractivity contribution in [2.45, 2.75) is 20.0 Å². The molecule has 6 rings (SSSR count). The molecule has 1 aliphatic rings. The molecule has 0 saturated heterocycles. The number of pyridine rings is 1. The lowest BCUT2D eigenvalue weighted by Crippen LogP contribution is -2.09. The van der Waals surface area contributed by atoms with Crippen molar-refractivity contribution in [3.05, 3.63) is 107 Å². The van der Waals surface area contributed by atoms with Gasteiger partial charge in [-0.1, -0.05) is 25.1 Å². The molecule has 5 aromatic rings. The van der Waals surface area contributed by atoms with Gasteiger partial charge in [0.1, 0.15) is 12.4 Å². The lowest BCUT2D eigenvalue weighted by molar-refractivity contribution is 0.295. The highest BCUT2D eigenvalue weighted by atomic mass is 32.2. The maximum absolute atomic E-state index is 11.9. The molecular formula is C31H28N4O4S. The molecule has 0 fully saturated rings. The van der Waals surface area contributed by atoms with Crippen LogP contribution in [0.3, 0.4) is 0 Å². The summed E-state index contributed by atoms with van der Waals surface area (Å²) in [5, 5.41) is 5.68. The van der Waals surface area contributed by atoms with Crippen LogP contribution in [0, 0.1) is 0 Å². The molecule has 0 aliphatic carbocycles. The van der Waals surface area contributed by atoms with Crippen molar-refractivity contribution >= 4 is 37.8 Å². The molecule has 0 radical (unpaired) electrons. The zero-order valence-corrected chi connectivity index (χ0v) is 23.2. The second-order valence-corrected chi connectivity index (χ2v) is 11.4. The van der Waals surface area contributed by atoms with Crippen LogP contribution in [0.4, 0.5) is 5.69 Å². The van der Waals surface area contributed by atoms with Gasteiger partial charge in [0, 0.05) is 28.9 Å². The van der Waals surface area contributed by atoms with E-state index in [-0.39, 0.29) is 0 Å². The molecule has 0 amide bonds. The van der Waals surface area contributed by atoms with E-state index in [2.05, 4.69) is 28.8 Å². The Bertz CT molecular complexity index is 1890. The second kappa shape index (κ2) is 10.2. The van der Waals surface area contributed by atoms with Gasteiger partial charge in [-0.15, -0.1) is 0 Å². The third kappa shape index (κ3) is 4.80. The molecule has 9 heteroatoms. The predicted molar refractivity (Wildman–Crippen MR) is 157 cm³/mol. The standard InChI is InChI=1S/C31H28N4O4S/c1-4-26(20-8-5-9-23(14-20)34-40(3,36)37)30-27-12-7-13-32-31(27)39-19-22-16-29-21(15-28(22)30)18-33-35(29)24-10-6-11-25(17-24)38-2/h5-18,34H,4,19H2,1-3H3/b30-26+. The number of rotatable bonds is 6. The number of allylic oxidation sites excluding steroid dienone is 1. The molecule has 0 bridgehead atoms. The minimum Gasteiger partial charge on any atom is -0.497 e. The highest BCUT2D eigenvalue weighted by molar-refractivity contribution is 7.92. The van der Waals surface area contributed by atoms with Gasteiger partial charge in [0.05, 0.1) is 30.8 Å². The average molecular weight is 553 g/mol. The number of hydrogen-bond acceptors (Lipinski definition) is 6. The number of ether oxygens (including phenoxy) is 2. The first kappa shape index (κ1) is 25.6.